The van der Waals surface area contributed by atoms with Crippen LogP contribution in [0.25, 0.3) is 0 Å². The second kappa shape index (κ2) is 12.9. The monoisotopic (exact) mass is 572 g/mol. The van der Waals surface area contributed by atoms with Crippen LogP contribution in [0.15, 0.2) is 78.0 Å². The van der Waals surface area contributed by atoms with E-state index >= 15 is 0 Å². The summed E-state index contributed by atoms with van der Waals surface area (Å²) in [6.45, 7) is 4.12. The molecule has 2 aromatic carbocycles. The molecule has 3 aromatic rings. The minimum absolute atomic E-state index is 0. The Morgan fingerprint density at radius 3 is 2.38 bits per heavy atom. The molecule has 0 atom stereocenters. The minimum Gasteiger partial charge on any atom is -0.457 e. The van der Waals surface area contributed by atoms with Crippen molar-refractivity contribution in [2.45, 2.75) is 13.2 Å². The SMILES string of the molecule is CN=C(NCc1cccc(C(=O)OCc2ccccc2)c1)N1CCN(c2ncccn2)CC1.I. The van der Waals surface area contributed by atoms with Gasteiger partial charge in [0.25, 0.3) is 0 Å². The number of carbonyl (C=O) groups excluding carboxylic acids is 1. The van der Waals surface area contributed by atoms with Crippen LogP contribution >= 0.6 is 24.0 Å². The molecular formula is C25H29IN6O2. The zero-order valence-electron chi connectivity index (χ0n) is 19.1. The van der Waals surface area contributed by atoms with Crippen molar-refractivity contribution >= 4 is 41.9 Å². The van der Waals surface area contributed by atoms with Gasteiger partial charge in [-0.3, -0.25) is 4.99 Å². The maximum absolute atomic E-state index is 12.5. The van der Waals surface area contributed by atoms with E-state index in [1.807, 2.05) is 54.6 Å². The van der Waals surface area contributed by atoms with Crippen molar-refractivity contribution in [1.29, 1.82) is 0 Å². The lowest BCUT2D eigenvalue weighted by Crippen LogP contribution is -2.52. The molecule has 1 aliphatic heterocycles. The van der Waals surface area contributed by atoms with Crippen molar-refractivity contribution in [1.82, 2.24) is 20.2 Å². The number of benzene rings is 2. The Balaban J connectivity index is 0.00000324. The average Bonchev–Trinajstić information content (AvgIpc) is 2.89. The molecule has 1 fully saturated rings. The van der Waals surface area contributed by atoms with Crippen molar-refractivity contribution in [3.8, 4) is 0 Å². The molecule has 9 heteroatoms. The Morgan fingerprint density at radius 1 is 0.971 bits per heavy atom. The first-order valence-corrected chi connectivity index (χ1v) is 11.0. The normalized spacial score (nSPS) is 13.7. The maximum atomic E-state index is 12.5. The van der Waals surface area contributed by atoms with Gasteiger partial charge in [-0.05, 0) is 29.3 Å². The number of guanidine groups is 1. The Labute approximate surface area is 217 Å². The van der Waals surface area contributed by atoms with Gasteiger partial charge in [0.1, 0.15) is 6.61 Å². The Hall–Kier alpha value is -3.21. The second-order valence-electron chi connectivity index (χ2n) is 7.69. The van der Waals surface area contributed by atoms with Crippen LogP contribution in [0.5, 0.6) is 0 Å². The number of rotatable bonds is 6. The van der Waals surface area contributed by atoms with E-state index in [-0.39, 0.29) is 36.6 Å². The molecule has 0 radical (unpaired) electrons. The van der Waals surface area contributed by atoms with Crippen LogP contribution in [-0.2, 0) is 17.9 Å². The quantitative estimate of drug-likeness (QED) is 0.210. The number of aromatic nitrogens is 2. The largest absolute Gasteiger partial charge is 0.457 e. The van der Waals surface area contributed by atoms with E-state index in [1.165, 1.54) is 0 Å². The number of aliphatic imine (C=N–C) groups is 1. The summed E-state index contributed by atoms with van der Waals surface area (Å²) in [5, 5.41) is 3.41. The number of anilines is 1. The number of nitrogens with one attached hydrogen (secondary N) is 1. The molecule has 178 valence electrons. The first-order chi connectivity index (χ1) is 16.2. The molecule has 0 saturated carbocycles. The predicted molar refractivity (Wildman–Crippen MR) is 143 cm³/mol. The van der Waals surface area contributed by atoms with E-state index in [0.29, 0.717) is 12.1 Å². The molecule has 0 spiro atoms. The zero-order chi connectivity index (χ0) is 22.9. The van der Waals surface area contributed by atoms with Gasteiger partial charge in [-0.2, -0.15) is 0 Å². The molecule has 1 aromatic heterocycles. The Kier molecular flexibility index (Phi) is 9.62. The Morgan fingerprint density at radius 2 is 1.68 bits per heavy atom. The summed E-state index contributed by atoms with van der Waals surface area (Å²) in [6.07, 6.45) is 3.53. The summed E-state index contributed by atoms with van der Waals surface area (Å²) < 4.78 is 5.45. The van der Waals surface area contributed by atoms with Crippen LogP contribution in [0.1, 0.15) is 21.5 Å². The molecule has 2 heterocycles. The summed E-state index contributed by atoms with van der Waals surface area (Å²) in [6, 6.07) is 19.0. The predicted octanol–water partition coefficient (Wildman–Crippen LogP) is 3.35. The number of hydrogen-bond donors (Lipinski definition) is 1. The first-order valence-electron chi connectivity index (χ1n) is 11.0. The van der Waals surface area contributed by atoms with Crippen molar-refractivity contribution in [2.75, 3.05) is 38.1 Å². The van der Waals surface area contributed by atoms with E-state index in [4.69, 9.17) is 4.74 Å². The molecule has 34 heavy (non-hydrogen) atoms. The van der Waals surface area contributed by atoms with Crippen molar-refractivity contribution in [3.63, 3.8) is 0 Å². The number of ether oxygens (including phenoxy) is 1. The van der Waals surface area contributed by atoms with E-state index in [9.17, 15) is 4.79 Å². The summed E-state index contributed by atoms with van der Waals surface area (Å²) in [7, 11) is 1.78. The molecule has 0 unspecified atom stereocenters. The van der Waals surface area contributed by atoms with Crippen LogP contribution in [-0.4, -0.2) is 60.0 Å². The third-order valence-electron chi connectivity index (χ3n) is 5.45. The lowest BCUT2D eigenvalue weighted by Gasteiger charge is -2.36. The fraction of sp³-hybridized carbons (Fsp3) is 0.280. The van der Waals surface area contributed by atoms with E-state index < -0.39 is 0 Å². The third-order valence-corrected chi connectivity index (χ3v) is 5.45. The van der Waals surface area contributed by atoms with Gasteiger partial charge in [0.2, 0.25) is 5.95 Å². The lowest BCUT2D eigenvalue weighted by atomic mass is 10.1. The number of carbonyl (C=O) groups is 1. The fourth-order valence-electron chi connectivity index (χ4n) is 3.70. The summed E-state index contributed by atoms with van der Waals surface area (Å²) in [5.41, 5.74) is 2.49. The molecular weight excluding hydrogens is 543 g/mol. The molecule has 0 aliphatic carbocycles. The van der Waals surface area contributed by atoms with Gasteiger partial charge in [-0.1, -0.05) is 42.5 Å². The number of hydrogen-bond acceptors (Lipinski definition) is 6. The van der Waals surface area contributed by atoms with Crippen molar-refractivity contribution in [2.24, 2.45) is 4.99 Å². The van der Waals surface area contributed by atoms with E-state index in [0.717, 1.165) is 49.2 Å². The molecule has 1 saturated heterocycles. The number of halogens is 1. The van der Waals surface area contributed by atoms with Gasteiger partial charge in [-0.25, -0.2) is 14.8 Å². The van der Waals surface area contributed by atoms with Crippen LogP contribution < -0.4 is 10.2 Å². The number of esters is 1. The molecule has 4 rings (SSSR count). The minimum atomic E-state index is -0.329. The van der Waals surface area contributed by atoms with E-state index in [2.05, 4.69) is 30.1 Å². The number of nitrogens with zero attached hydrogens (tertiary/aromatic N) is 5. The highest BCUT2D eigenvalue weighted by Gasteiger charge is 2.21. The van der Waals surface area contributed by atoms with Crippen LogP contribution in [0, 0.1) is 0 Å². The molecule has 1 aliphatic rings. The van der Waals surface area contributed by atoms with Crippen LogP contribution in [0.4, 0.5) is 5.95 Å². The summed E-state index contributed by atoms with van der Waals surface area (Å²) >= 11 is 0. The summed E-state index contributed by atoms with van der Waals surface area (Å²) in [5.74, 6) is 1.26. The van der Waals surface area contributed by atoms with Crippen LogP contribution in [0.2, 0.25) is 0 Å². The number of piperazine rings is 1. The molecule has 0 bridgehead atoms. The second-order valence-corrected chi connectivity index (χ2v) is 7.69. The van der Waals surface area contributed by atoms with Crippen molar-refractivity contribution in [3.05, 3.63) is 89.7 Å². The highest BCUT2D eigenvalue weighted by atomic mass is 127. The molecule has 8 nitrogen and oxygen atoms in total. The van der Waals surface area contributed by atoms with Gasteiger partial charge in [-0.15, -0.1) is 24.0 Å². The van der Waals surface area contributed by atoms with Gasteiger partial charge in [0.05, 0.1) is 5.56 Å². The molecule has 1 N–H and O–H groups in total. The van der Waals surface area contributed by atoms with Gasteiger partial charge >= 0.3 is 5.97 Å². The van der Waals surface area contributed by atoms with Gasteiger partial charge < -0.3 is 19.9 Å². The van der Waals surface area contributed by atoms with Crippen molar-refractivity contribution < 1.29 is 9.53 Å². The van der Waals surface area contributed by atoms with Gasteiger partial charge in [0, 0.05) is 52.2 Å². The first kappa shape index (κ1) is 25.4. The standard InChI is InChI=1S/C25H28N6O2.HI/c1-26-24(30-13-15-31(16-14-30)25-27-11-6-12-28-25)29-18-21-9-5-10-22(17-21)23(32)33-19-20-7-3-2-4-8-20;/h2-12,17H,13-16,18-19H2,1H3,(H,26,29);1H. The van der Waals surface area contributed by atoms with Gasteiger partial charge in [0.15, 0.2) is 5.96 Å². The van der Waals surface area contributed by atoms with Crippen LogP contribution in [0.3, 0.4) is 0 Å². The topological polar surface area (TPSA) is 83.0 Å². The zero-order valence-corrected chi connectivity index (χ0v) is 21.5. The average molecular weight is 572 g/mol. The summed E-state index contributed by atoms with van der Waals surface area (Å²) in [4.78, 5) is 30.0. The molecule has 0 amide bonds. The lowest BCUT2D eigenvalue weighted by molar-refractivity contribution is 0.0472. The van der Waals surface area contributed by atoms with E-state index in [1.54, 1.807) is 25.5 Å². The third kappa shape index (κ3) is 6.89. The highest BCUT2D eigenvalue weighted by molar-refractivity contribution is 14.0. The highest BCUT2D eigenvalue weighted by Crippen LogP contribution is 2.12. The maximum Gasteiger partial charge on any atom is 0.338 e. The Bertz CT molecular complexity index is 1070. The smallest absolute Gasteiger partial charge is 0.338 e. The fourth-order valence-corrected chi connectivity index (χ4v) is 3.70.